The number of carbonyl (C=O) groups is 2. The number of likely N-dealkylation sites (tertiary alicyclic amines) is 1. The Labute approximate surface area is 144 Å². The van der Waals surface area contributed by atoms with Crippen molar-refractivity contribution in [2.24, 2.45) is 0 Å². The number of hydrogen-bond acceptors (Lipinski definition) is 2. The lowest BCUT2D eigenvalue weighted by molar-refractivity contribution is -0.124. The maximum atomic E-state index is 13.1. The lowest BCUT2D eigenvalue weighted by atomic mass is 9.73. The second-order valence-corrected chi connectivity index (χ2v) is 6.59. The molecule has 24 heavy (non-hydrogen) atoms. The van der Waals surface area contributed by atoms with Crippen LogP contribution in [0.4, 0.5) is 10.5 Å². The van der Waals surface area contributed by atoms with Crippen LogP contribution in [0.15, 0.2) is 24.3 Å². The molecule has 1 fully saturated rings. The highest BCUT2D eigenvalue weighted by Crippen LogP contribution is 2.47. The van der Waals surface area contributed by atoms with E-state index < -0.39 is 5.41 Å². The topological polar surface area (TPSA) is 43.9 Å². The van der Waals surface area contributed by atoms with Crippen molar-refractivity contribution in [1.29, 1.82) is 0 Å². The van der Waals surface area contributed by atoms with Crippen LogP contribution in [0, 0.1) is 0 Å². The van der Waals surface area contributed by atoms with Gasteiger partial charge in [0.15, 0.2) is 0 Å². The number of para-hydroxylation sites is 1. The predicted octanol–water partition coefficient (Wildman–Crippen LogP) is 2.85. The first-order valence-electron chi connectivity index (χ1n) is 9.04. The summed E-state index contributed by atoms with van der Waals surface area (Å²) in [5.41, 5.74) is 1.76. The zero-order valence-corrected chi connectivity index (χ0v) is 14.9. The van der Waals surface area contributed by atoms with E-state index in [1.807, 2.05) is 53.7 Å². The molecular weight excluding hydrogens is 302 g/mol. The van der Waals surface area contributed by atoms with Gasteiger partial charge in [0.05, 0.1) is 5.41 Å². The minimum Gasteiger partial charge on any atom is -0.325 e. The second kappa shape index (κ2) is 6.46. The average Bonchev–Trinajstić information content (AvgIpc) is 2.85. The van der Waals surface area contributed by atoms with Gasteiger partial charge in [-0.1, -0.05) is 18.2 Å². The summed E-state index contributed by atoms with van der Waals surface area (Å²) < 4.78 is 0. The van der Waals surface area contributed by atoms with Crippen LogP contribution < -0.4 is 4.90 Å². The molecule has 1 aromatic rings. The van der Waals surface area contributed by atoms with Gasteiger partial charge in [-0.2, -0.15) is 0 Å². The Hall–Kier alpha value is -2.04. The highest BCUT2D eigenvalue weighted by molar-refractivity contribution is 6.08. The van der Waals surface area contributed by atoms with E-state index in [-0.39, 0.29) is 11.9 Å². The number of rotatable bonds is 3. The summed E-state index contributed by atoms with van der Waals surface area (Å²) >= 11 is 0. The zero-order valence-electron chi connectivity index (χ0n) is 14.9. The van der Waals surface area contributed by atoms with E-state index >= 15 is 0 Å². The van der Waals surface area contributed by atoms with E-state index in [2.05, 4.69) is 6.07 Å². The second-order valence-electron chi connectivity index (χ2n) is 6.59. The first-order chi connectivity index (χ1) is 11.6. The maximum Gasteiger partial charge on any atom is 0.319 e. The predicted molar refractivity (Wildman–Crippen MR) is 95.3 cm³/mol. The van der Waals surface area contributed by atoms with Crippen LogP contribution in [0.5, 0.6) is 0 Å². The van der Waals surface area contributed by atoms with E-state index in [1.165, 1.54) is 0 Å². The van der Waals surface area contributed by atoms with Crippen molar-refractivity contribution >= 4 is 17.6 Å². The molecule has 1 saturated heterocycles. The first kappa shape index (κ1) is 16.8. The largest absolute Gasteiger partial charge is 0.325 e. The van der Waals surface area contributed by atoms with Crippen molar-refractivity contribution in [2.45, 2.75) is 39.0 Å². The lowest BCUT2D eigenvalue weighted by Gasteiger charge is -2.40. The fourth-order valence-electron chi connectivity index (χ4n) is 4.17. The van der Waals surface area contributed by atoms with E-state index in [4.69, 9.17) is 0 Å². The summed E-state index contributed by atoms with van der Waals surface area (Å²) in [5, 5.41) is 0. The molecule has 2 aliphatic heterocycles. The van der Waals surface area contributed by atoms with Crippen LogP contribution in [0.2, 0.25) is 0 Å². The smallest absolute Gasteiger partial charge is 0.319 e. The summed E-state index contributed by atoms with van der Waals surface area (Å²) in [4.78, 5) is 31.3. The number of carbonyl (C=O) groups excluding carboxylic acids is 2. The molecule has 0 bridgehead atoms. The van der Waals surface area contributed by atoms with Crippen LogP contribution in [0.1, 0.15) is 39.2 Å². The number of amides is 3. The summed E-state index contributed by atoms with van der Waals surface area (Å²) in [5.74, 6) is 0.209. The number of benzene rings is 1. The Kier molecular flexibility index (Phi) is 4.52. The standard InChI is InChI=1S/C19H27N3O2/c1-4-20(5-2)18(24)21-13-11-19(12-14-21)15-9-7-8-10-16(15)22(6-3)17(19)23/h7-10H,4-6,11-14H2,1-3H3. The molecule has 2 aliphatic rings. The van der Waals surface area contributed by atoms with E-state index in [9.17, 15) is 9.59 Å². The van der Waals surface area contributed by atoms with E-state index in [0.29, 0.717) is 32.5 Å². The highest BCUT2D eigenvalue weighted by Gasteiger charge is 2.51. The molecule has 0 aliphatic carbocycles. The van der Waals surface area contributed by atoms with Crippen LogP contribution in [-0.2, 0) is 10.2 Å². The molecule has 130 valence electrons. The number of nitrogens with zero attached hydrogens (tertiary/aromatic N) is 3. The van der Waals surface area contributed by atoms with Gasteiger partial charge in [-0.3, -0.25) is 4.79 Å². The van der Waals surface area contributed by atoms with Crippen molar-refractivity contribution in [2.75, 3.05) is 37.6 Å². The number of piperidine rings is 1. The molecule has 2 heterocycles. The SMILES string of the molecule is CCN(CC)C(=O)N1CCC2(CC1)C(=O)N(CC)c1ccccc12. The minimum absolute atomic E-state index is 0.0981. The number of anilines is 1. The molecule has 0 aromatic heterocycles. The van der Waals surface area contributed by atoms with Crippen molar-refractivity contribution in [3.63, 3.8) is 0 Å². The van der Waals surface area contributed by atoms with Gasteiger partial charge in [0.25, 0.3) is 0 Å². The Morgan fingerprint density at radius 1 is 1.12 bits per heavy atom. The summed E-state index contributed by atoms with van der Waals surface area (Å²) in [6.45, 7) is 9.46. The van der Waals surface area contributed by atoms with Gasteiger partial charge in [-0.25, -0.2) is 4.79 Å². The van der Waals surface area contributed by atoms with Gasteiger partial charge < -0.3 is 14.7 Å². The van der Waals surface area contributed by atoms with Gasteiger partial charge in [-0.05, 0) is 45.2 Å². The van der Waals surface area contributed by atoms with Crippen LogP contribution >= 0.6 is 0 Å². The lowest BCUT2D eigenvalue weighted by Crippen LogP contribution is -2.53. The van der Waals surface area contributed by atoms with E-state index in [1.54, 1.807) is 0 Å². The molecule has 0 atom stereocenters. The van der Waals surface area contributed by atoms with Gasteiger partial charge in [0.2, 0.25) is 5.91 Å². The zero-order chi connectivity index (χ0) is 17.3. The molecule has 3 amide bonds. The quantitative estimate of drug-likeness (QED) is 0.856. The first-order valence-corrected chi connectivity index (χ1v) is 9.04. The van der Waals surface area contributed by atoms with E-state index in [0.717, 1.165) is 24.3 Å². The minimum atomic E-state index is -0.438. The van der Waals surface area contributed by atoms with Crippen molar-refractivity contribution in [3.05, 3.63) is 29.8 Å². The molecule has 0 radical (unpaired) electrons. The number of fused-ring (bicyclic) bond motifs is 2. The molecule has 0 N–H and O–H groups in total. The molecular formula is C19H27N3O2. The third-order valence-electron chi connectivity index (χ3n) is 5.60. The number of urea groups is 1. The molecule has 1 spiro atoms. The Morgan fingerprint density at radius 2 is 1.75 bits per heavy atom. The van der Waals surface area contributed by atoms with Gasteiger partial charge in [0.1, 0.15) is 0 Å². The molecule has 5 heteroatoms. The number of hydrogen-bond donors (Lipinski definition) is 0. The van der Waals surface area contributed by atoms with Crippen LogP contribution in [-0.4, -0.2) is 54.5 Å². The fourth-order valence-corrected chi connectivity index (χ4v) is 4.17. The van der Waals surface area contributed by atoms with Gasteiger partial charge in [0, 0.05) is 38.4 Å². The van der Waals surface area contributed by atoms with Crippen LogP contribution in [0.3, 0.4) is 0 Å². The Bertz CT molecular complexity index is 631. The Balaban J connectivity index is 1.83. The average molecular weight is 329 g/mol. The normalized spacial score (nSPS) is 18.9. The van der Waals surface area contributed by atoms with Gasteiger partial charge >= 0.3 is 6.03 Å². The molecule has 5 nitrogen and oxygen atoms in total. The number of likely N-dealkylation sites (N-methyl/N-ethyl adjacent to an activating group) is 1. The Morgan fingerprint density at radius 3 is 2.33 bits per heavy atom. The summed E-state index contributed by atoms with van der Waals surface area (Å²) in [6, 6.07) is 8.23. The van der Waals surface area contributed by atoms with Crippen molar-refractivity contribution < 1.29 is 9.59 Å². The maximum absolute atomic E-state index is 13.1. The molecule has 0 saturated carbocycles. The third kappa shape index (κ3) is 2.38. The molecule has 0 unspecified atom stereocenters. The van der Waals surface area contributed by atoms with Crippen LogP contribution in [0.25, 0.3) is 0 Å². The third-order valence-corrected chi connectivity index (χ3v) is 5.60. The monoisotopic (exact) mass is 329 g/mol. The van der Waals surface area contributed by atoms with Crippen molar-refractivity contribution in [3.8, 4) is 0 Å². The van der Waals surface area contributed by atoms with Gasteiger partial charge in [-0.15, -0.1) is 0 Å². The summed E-state index contributed by atoms with van der Waals surface area (Å²) in [6.07, 6.45) is 1.43. The highest BCUT2D eigenvalue weighted by atomic mass is 16.2. The summed E-state index contributed by atoms with van der Waals surface area (Å²) in [7, 11) is 0. The molecule has 3 rings (SSSR count). The molecule has 1 aromatic carbocycles. The fraction of sp³-hybridized carbons (Fsp3) is 0.579. The van der Waals surface area contributed by atoms with Crippen molar-refractivity contribution in [1.82, 2.24) is 9.80 Å².